The van der Waals surface area contributed by atoms with Crippen molar-refractivity contribution in [1.29, 1.82) is 0 Å². The summed E-state index contributed by atoms with van der Waals surface area (Å²) in [5, 5.41) is 14.6. The van der Waals surface area contributed by atoms with Gasteiger partial charge in [0.15, 0.2) is 5.69 Å². The molecule has 0 spiro atoms. The third-order valence-corrected chi connectivity index (χ3v) is 3.92. The van der Waals surface area contributed by atoms with Gasteiger partial charge in [0.2, 0.25) is 0 Å². The number of aromatic nitrogens is 4. The standard InChI is InChI=1S/C15H18F3N5/c1-9(2)23-8-10-4-3-5-11(14(10)22-23)19-13-7-6-12(20-21-13)15(16,17)18/h6-9,11H,3-5H2,1-2H3,(H,19,21). The second kappa shape index (κ2) is 5.82. The average molecular weight is 325 g/mol. The fourth-order valence-electron chi connectivity index (χ4n) is 2.71. The Morgan fingerprint density at radius 1 is 1.26 bits per heavy atom. The summed E-state index contributed by atoms with van der Waals surface area (Å²) >= 11 is 0. The number of anilines is 1. The molecule has 1 N–H and O–H groups in total. The van der Waals surface area contributed by atoms with Gasteiger partial charge in [-0.05, 0) is 50.8 Å². The van der Waals surface area contributed by atoms with Crippen LogP contribution < -0.4 is 5.32 Å². The lowest BCUT2D eigenvalue weighted by atomic mass is 9.94. The second-order valence-electron chi connectivity index (χ2n) is 6.00. The van der Waals surface area contributed by atoms with Crippen molar-refractivity contribution in [3.8, 4) is 0 Å². The highest BCUT2D eigenvalue weighted by Gasteiger charge is 2.33. The Kier molecular flexibility index (Phi) is 3.99. The molecule has 0 amide bonds. The van der Waals surface area contributed by atoms with Gasteiger partial charge in [-0.1, -0.05) is 0 Å². The summed E-state index contributed by atoms with van der Waals surface area (Å²) in [6.07, 6.45) is 0.415. The number of fused-ring (bicyclic) bond motifs is 1. The molecule has 0 saturated carbocycles. The zero-order chi connectivity index (χ0) is 16.6. The lowest BCUT2D eigenvalue weighted by molar-refractivity contribution is -0.141. The lowest BCUT2D eigenvalue weighted by Crippen LogP contribution is -2.19. The number of nitrogens with one attached hydrogen (secondary N) is 1. The van der Waals surface area contributed by atoms with Crippen molar-refractivity contribution in [3.05, 3.63) is 35.3 Å². The van der Waals surface area contributed by atoms with Crippen LogP contribution in [0.2, 0.25) is 0 Å². The summed E-state index contributed by atoms with van der Waals surface area (Å²) in [5.41, 5.74) is 1.14. The van der Waals surface area contributed by atoms with Gasteiger partial charge in [-0.15, -0.1) is 10.2 Å². The van der Waals surface area contributed by atoms with Crippen LogP contribution in [0, 0.1) is 0 Å². The van der Waals surface area contributed by atoms with Gasteiger partial charge in [-0.3, -0.25) is 4.68 Å². The third kappa shape index (κ3) is 3.30. The summed E-state index contributed by atoms with van der Waals surface area (Å²) in [5.74, 6) is 0.329. The van der Waals surface area contributed by atoms with Crippen molar-refractivity contribution in [2.24, 2.45) is 0 Å². The third-order valence-electron chi connectivity index (χ3n) is 3.92. The van der Waals surface area contributed by atoms with Crippen molar-refractivity contribution in [3.63, 3.8) is 0 Å². The van der Waals surface area contributed by atoms with Gasteiger partial charge < -0.3 is 5.32 Å². The number of nitrogens with zero attached hydrogens (tertiary/aromatic N) is 4. The molecule has 8 heteroatoms. The quantitative estimate of drug-likeness (QED) is 0.933. The summed E-state index contributed by atoms with van der Waals surface area (Å²) in [6, 6.07) is 2.46. The SMILES string of the molecule is CC(C)n1cc2c(n1)C(Nc1ccc(C(F)(F)F)nn1)CCC2. The first-order valence-corrected chi connectivity index (χ1v) is 7.60. The van der Waals surface area contributed by atoms with E-state index in [-0.39, 0.29) is 12.1 Å². The molecule has 1 unspecified atom stereocenters. The van der Waals surface area contributed by atoms with Crippen molar-refractivity contribution >= 4 is 5.82 Å². The molecule has 1 atom stereocenters. The largest absolute Gasteiger partial charge is 0.435 e. The number of rotatable bonds is 3. The van der Waals surface area contributed by atoms with E-state index in [0.29, 0.717) is 5.82 Å². The lowest BCUT2D eigenvalue weighted by Gasteiger charge is -2.22. The van der Waals surface area contributed by atoms with Gasteiger partial charge in [-0.2, -0.15) is 18.3 Å². The molecule has 0 aliphatic heterocycles. The smallest absolute Gasteiger partial charge is 0.360 e. The Balaban J connectivity index is 1.79. The molecule has 23 heavy (non-hydrogen) atoms. The van der Waals surface area contributed by atoms with Gasteiger partial charge in [-0.25, -0.2) is 0 Å². The summed E-state index contributed by atoms with van der Waals surface area (Å²) < 4.78 is 39.5. The molecule has 2 aromatic heterocycles. The highest BCUT2D eigenvalue weighted by atomic mass is 19.4. The molecule has 0 aromatic carbocycles. The molecule has 1 aliphatic rings. The maximum absolute atomic E-state index is 12.5. The Morgan fingerprint density at radius 3 is 2.65 bits per heavy atom. The van der Waals surface area contributed by atoms with Crippen LogP contribution in [0.3, 0.4) is 0 Å². The summed E-state index contributed by atoms with van der Waals surface area (Å²) in [6.45, 7) is 4.12. The molecule has 5 nitrogen and oxygen atoms in total. The molecule has 1 aliphatic carbocycles. The van der Waals surface area contributed by atoms with E-state index in [2.05, 4.69) is 34.5 Å². The number of aryl methyl sites for hydroxylation is 1. The first-order valence-electron chi connectivity index (χ1n) is 7.60. The highest BCUT2D eigenvalue weighted by Crippen LogP contribution is 2.32. The van der Waals surface area contributed by atoms with E-state index in [0.717, 1.165) is 31.0 Å². The van der Waals surface area contributed by atoms with Gasteiger partial charge in [0.25, 0.3) is 0 Å². The minimum Gasteiger partial charge on any atom is -0.360 e. The normalized spacial score (nSPS) is 18.1. The van der Waals surface area contributed by atoms with Crippen LogP contribution >= 0.6 is 0 Å². The van der Waals surface area contributed by atoms with Crippen molar-refractivity contribution in [1.82, 2.24) is 20.0 Å². The predicted octanol–water partition coefficient (Wildman–Crippen LogP) is 3.76. The molecular formula is C15H18F3N5. The summed E-state index contributed by atoms with van der Waals surface area (Å²) in [4.78, 5) is 0. The Hall–Kier alpha value is -2.12. The molecule has 2 heterocycles. The van der Waals surface area contributed by atoms with Crippen LogP contribution in [0.4, 0.5) is 19.0 Å². The first kappa shape index (κ1) is 15.8. The Labute approximate surface area is 131 Å². The molecule has 0 fully saturated rings. The molecule has 2 aromatic rings. The first-order chi connectivity index (χ1) is 10.8. The van der Waals surface area contributed by atoms with E-state index in [1.54, 1.807) is 0 Å². The predicted molar refractivity (Wildman–Crippen MR) is 78.9 cm³/mol. The molecule has 0 bridgehead atoms. The number of halogens is 3. The van der Waals surface area contributed by atoms with Crippen molar-refractivity contribution in [2.75, 3.05) is 5.32 Å². The van der Waals surface area contributed by atoms with Gasteiger partial charge in [0, 0.05) is 12.2 Å². The zero-order valence-electron chi connectivity index (χ0n) is 12.9. The molecular weight excluding hydrogens is 307 g/mol. The number of hydrogen-bond donors (Lipinski definition) is 1. The zero-order valence-corrected chi connectivity index (χ0v) is 12.9. The Morgan fingerprint density at radius 2 is 2.04 bits per heavy atom. The minimum atomic E-state index is -4.47. The average Bonchev–Trinajstić information content (AvgIpc) is 2.92. The van der Waals surface area contributed by atoms with Crippen LogP contribution in [-0.4, -0.2) is 20.0 Å². The van der Waals surface area contributed by atoms with E-state index >= 15 is 0 Å². The van der Waals surface area contributed by atoms with Gasteiger partial charge in [0.05, 0.1) is 11.7 Å². The van der Waals surface area contributed by atoms with Crippen LogP contribution in [0.15, 0.2) is 18.3 Å². The van der Waals surface area contributed by atoms with E-state index in [1.807, 2.05) is 10.9 Å². The van der Waals surface area contributed by atoms with E-state index < -0.39 is 11.9 Å². The number of hydrogen-bond acceptors (Lipinski definition) is 4. The van der Waals surface area contributed by atoms with Crippen LogP contribution in [0.1, 0.15) is 55.7 Å². The fourth-order valence-corrected chi connectivity index (χ4v) is 2.71. The molecule has 0 radical (unpaired) electrons. The van der Waals surface area contributed by atoms with Crippen molar-refractivity contribution < 1.29 is 13.2 Å². The van der Waals surface area contributed by atoms with E-state index in [1.165, 1.54) is 11.6 Å². The van der Waals surface area contributed by atoms with Crippen LogP contribution in [0.5, 0.6) is 0 Å². The topological polar surface area (TPSA) is 55.6 Å². The second-order valence-corrected chi connectivity index (χ2v) is 6.00. The van der Waals surface area contributed by atoms with Gasteiger partial charge >= 0.3 is 6.18 Å². The monoisotopic (exact) mass is 325 g/mol. The minimum absolute atomic E-state index is 0.0511. The maximum Gasteiger partial charge on any atom is 0.435 e. The highest BCUT2D eigenvalue weighted by molar-refractivity contribution is 5.39. The van der Waals surface area contributed by atoms with Crippen molar-refractivity contribution in [2.45, 2.75) is 51.4 Å². The summed E-state index contributed by atoms with van der Waals surface area (Å²) in [7, 11) is 0. The molecule has 3 rings (SSSR count). The van der Waals surface area contributed by atoms with Crippen LogP contribution in [-0.2, 0) is 12.6 Å². The Bertz CT molecular complexity index is 675. The molecule has 0 saturated heterocycles. The number of alkyl halides is 3. The van der Waals surface area contributed by atoms with Gasteiger partial charge in [0.1, 0.15) is 5.82 Å². The maximum atomic E-state index is 12.5. The fraction of sp³-hybridized carbons (Fsp3) is 0.533. The van der Waals surface area contributed by atoms with E-state index in [4.69, 9.17) is 0 Å². The molecule has 124 valence electrons. The van der Waals surface area contributed by atoms with Crippen LogP contribution in [0.25, 0.3) is 0 Å². The van der Waals surface area contributed by atoms with E-state index in [9.17, 15) is 13.2 Å².